The predicted molar refractivity (Wildman–Crippen MR) is 8.71 cm³/mol. The van der Waals surface area contributed by atoms with E-state index in [1.807, 2.05) is 0 Å². The molecule has 0 unspecified atom stereocenters. The summed E-state index contributed by atoms with van der Waals surface area (Å²) in [5, 5.41) is 0. The molecule has 0 atom stereocenters. The summed E-state index contributed by atoms with van der Waals surface area (Å²) in [4.78, 5) is 16.9. The maximum atomic E-state index is 10.1. The molecule has 7 heteroatoms. The van der Waals surface area contributed by atoms with E-state index in [1.165, 1.54) is 0 Å². The van der Waals surface area contributed by atoms with Gasteiger partial charge >= 0.3 is 80.9 Å². The minimum absolute atomic E-state index is 0. The Morgan fingerprint density at radius 1 is 1.43 bits per heavy atom. The number of rotatable bonds is 0. The Balaban J connectivity index is -0.0000000800. The van der Waals surface area contributed by atoms with Crippen molar-refractivity contribution in [3.8, 4) is 0 Å². The Labute approximate surface area is 105 Å². The van der Waals surface area contributed by atoms with Crippen molar-refractivity contribution >= 4 is 7.91 Å². The molecule has 0 aromatic heterocycles. The van der Waals surface area contributed by atoms with E-state index >= 15 is 0 Å². The average molecular weight is 160 g/mol. The Kier molecular flexibility index (Phi) is 16.0. The summed E-state index contributed by atoms with van der Waals surface area (Å²) in [6.07, 6.45) is 0. The maximum absolute atomic E-state index is 10.1. The summed E-state index contributed by atoms with van der Waals surface area (Å²) in [6.45, 7) is 0. The molecule has 0 spiro atoms. The summed E-state index contributed by atoms with van der Waals surface area (Å²) in [5.74, 6) is 0. The fourth-order valence-electron chi connectivity index (χ4n) is 0. The zero-order valence-corrected chi connectivity index (χ0v) is 10.1. The average Bonchev–Trinajstić information content (AvgIpc) is 0.722. The minimum atomic E-state index is -5.64. The van der Waals surface area contributed by atoms with Gasteiger partial charge in [-0.2, -0.15) is 0 Å². The van der Waals surface area contributed by atoms with Crippen molar-refractivity contribution in [3.05, 3.63) is 0 Å². The van der Waals surface area contributed by atoms with Crippen molar-refractivity contribution in [2.75, 3.05) is 0 Å². The first kappa shape index (κ1) is 16.4. The van der Waals surface area contributed by atoms with Gasteiger partial charge < -0.3 is 14.4 Å². The molecule has 0 fully saturated rings. The van der Waals surface area contributed by atoms with Gasteiger partial charge in [-0.15, -0.1) is 0 Å². The Hall–Kier alpha value is 2.72. The van der Waals surface area contributed by atoms with Gasteiger partial charge in [0.1, 0.15) is 7.91 Å². The van der Waals surface area contributed by atoms with Gasteiger partial charge in [0.25, 0.3) is 0 Å². The van der Waals surface area contributed by atoms with E-state index in [0.717, 1.165) is 0 Å². The first-order chi connectivity index (χ1) is 2.00. The molecule has 0 bridgehead atoms. The third-order valence-electron chi connectivity index (χ3n) is 0. The maximum Gasteiger partial charge on any atom is 1.00 e. The largest absolute Gasteiger partial charge is 1.00 e. The zero-order chi connectivity index (χ0) is 4.50. The molecule has 0 heterocycles. The molecule has 0 aliphatic heterocycles. The van der Waals surface area contributed by atoms with Crippen molar-refractivity contribution in [2.45, 2.75) is 0 Å². The predicted octanol–water partition coefficient (Wildman–Crippen LogP) is -7.21. The Bertz CT molecular complexity index is 61.1. The van der Waals surface area contributed by atoms with Crippen LogP contribution in [0, 0.1) is 0 Å². The molecule has 0 rings (SSSR count). The van der Waals surface area contributed by atoms with Crippen LogP contribution in [0.15, 0.2) is 0 Å². The standard InChI is InChI=1S/FH2O3P.K.Na/c1-5(2,3)4;;/h(H2,2,3,4);;/q;2*+1/p-2. The second kappa shape index (κ2) is 6.83. The van der Waals surface area contributed by atoms with Gasteiger partial charge in [-0.1, -0.05) is 0 Å². The van der Waals surface area contributed by atoms with Crippen LogP contribution in [0.2, 0.25) is 0 Å². The van der Waals surface area contributed by atoms with E-state index in [1.54, 1.807) is 0 Å². The van der Waals surface area contributed by atoms with Crippen molar-refractivity contribution in [3.63, 3.8) is 0 Å². The van der Waals surface area contributed by atoms with E-state index in [0.29, 0.717) is 0 Å². The molecule has 0 aromatic rings. The molecule has 3 nitrogen and oxygen atoms in total. The number of hydrogen-bond acceptors (Lipinski definition) is 3. The van der Waals surface area contributed by atoms with E-state index < -0.39 is 7.91 Å². The fraction of sp³-hybridized carbons (Fsp3) is 0. The Morgan fingerprint density at radius 3 is 1.43 bits per heavy atom. The summed E-state index contributed by atoms with van der Waals surface area (Å²) in [5.41, 5.74) is 0. The molecule has 0 amide bonds. The van der Waals surface area contributed by atoms with E-state index in [9.17, 15) is 4.20 Å². The molecular weight excluding hydrogens is 160 g/mol. The van der Waals surface area contributed by atoms with Crippen LogP contribution in [-0.2, 0) is 4.57 Å². The zero-order valence-electron chi connectivity index (χ0n) is 4.05. The van der Waals surface area contributed by atoms with Crippen LogP contribution in [0.5, 0.6) is 0 Å². The first-order valence-corrected chi connectivity index (χ1v) is 2.15. The van der Waals surface area contributed by atoms with Gasteiger partial charge in [-0.05, 0) is 0 Å². The second-order valence-electron chi connectivity index (χ2n) is 0.431. The van der Waals surface area contributed by atoms with Gasteiger partial charge in [0.05, 0.1) is 0 Å². The molecule has 0 aliphatic carbocycles. The van der Waals surface area contributed by atoms with Crippen LogP contribution in [0.3, 0.4) is 0 Å². The smallest absolute Gasteiger partial charge is 0.786 e. The van der Waals surface area contributed by atoms with Crippen molar-refractivity contribution < 1.29 is 99.5 Å². The molecule has 0 aromatic carbocycles. The van der Waals surface area contributed by atoms with Gasteiger partial charge in [0.2, 0.25) is 0 Å². The normalized spacial score (nSPS) is 8.43. The third kappa shape index (κ3) is 53.3. The summed E-state index contributed by atoms with van der Waals surface area (Å²) in [7, 11) is -5.64. The molecule has 32 valence electrons. The van der Waals surface area contributed by atoms with E-state index in [2.05, 4.69) is 0 Å². The summed E-state index contributed by atoms with van der Waals surface area (Å²) >= 11 is 0. The van der Waals surface area contributed by atoms with Crippen LogP contribution in [0.1, 0.15) is 0 Å². The van der Waals surface area contributed by atoms with Gasteiger partial charge in [-0.25, -0.2) is 4.20 Å². The molecule has 0 saturated heterocycles. The van der Waals surface area contributed by atoms with Gasteiger partial charge in [0.15, 0.2) is 0 Å². The Morgan fingerprint density at radius 2 is 1.43 bits per heavy atom. The van der Waals surface area contributed by atoms with Crippen molar-refractivity contribution in [2.24, 2.45) is 0 Å². The van der Waals surface area contributed by atoms with E-state index in [-0.39, 0.29) is 80.9 Å². The third-order valence-corrected chi connectivity index (χ3v) is 0. The first-order valence-electron chi connectivity index (χ1n) is 0.717. The molecule has 0 radical (unpaired) electrons. The van der Waals surface area contributed by atoms with Gasteiger partial charge in [0, 0.05) is 0 Å². The van der Waals surface area contributed by atoms with Crippen LogP contribution >= 0.6 is 7.91 Å². The van der Waals surface area contributed by atoms with Gasteiger partial charge in [-0.3, -0.25) is 0 Å². The molecule has 0 aliphatic rings. The second-order valence-corrected chi connectivity index (χ2v) is 1.29. The summed E-state index contributed by atoms with van der Waals surface area (Å²) < 4.78 is 18.6. The molecule has 7 heavy (non-hydrogen) atoms. The summed E-state index contributed by atoms with van der Waals surface area (Å²) in [6, 6.07) is 0. The van der Waals surface area contributed by atoms with Crippen LogP contribution in [0.4, 0.5) is 4.20 Å². The SMILES string of the molecule is O=P([O-])([O-])F.[K+].[Na+]. The molecule has 0 saturated carbocycles. The van der Waals surface area contributed by atoms with Crippen LogP contribution in [0.25, 0.3) is 0 Å². The number of halogens is 1. The van der Waals surface area contributed by atoms with Crippen molar-refractivity contribution in [1.82, 2.24) is 0 Å². The van der Waals surface area contributed by atoms with Crippen LogP contribution in [-0.4, -0.2) is 0 Å². The van der Waals surface area contributed by atoms with E-state index in [4.69, 9.17) is 14.4 Å². The number of hydrogen-bond donors (Lipinski definition) is 0. The molecule has 0 N–H and O–H groups in total. The van der Waals surface area contributed by atoms with Crippen molar-refractivity contribution in [1.29, 1.82) is 0 Å². The fourth-order valence-corrected chi connectivity index (χ4v) is 0. The minimum Gasteiger partial charge on any atom is -0.786 e. The topological polar surface area (TPSA) is 63.2 Å². The molecular formula is FKNaO3P. The monoisotopic (exact) mass is 160 g/mol. The quantitative estimate of drug-likeness (QED) is 0.261. The van der Waals surface area contributed by atoms with Crippen LogP contribution < -0.4 is 90.7 Å².